The Morgan fingerprint density at radius 1 is 1.25 bits per heavy atom. The zero-order valence-electron chi connectivity index (χ0n) is 19.7. The summed E-state index contributed by atoms with van der Waals surface area (Å²) in [5, 5.41) is 7.71. The van der Waals surface area contributed by atoms with Gasteiger partial charge in [-0.15, -0.1) is 0 Å². The predicted octanol–water partition coefficient (Wildman–Crippen LogP) is 2.32. The number of imidazole rings is 1. The number of rotatable bonds is 9. The average molecular weight is 609 g/mol. The van der Waals surface area contributed by atoms with Crippen molar-refractivity contribution in [1.82, 2.24) is 28.6 Å². The van der Waals surface area contributed by atoms with E-state index in [-0.39, 0.29) is 9.82 Å². The molecule has 0 saturated carbocycles. The number of hydrogen-bond acceptors (Lipinski definition) is 8. The van der Waals surface area contributed by atoms with E-state index in [2.05, 4.69) is 24.8 Å². The maximum absolute atomic E-state index is 13.6. The van der Waals surface area contributed by atoms with Crippen molar-refractivity contribution in [3.8, 4) is 10.4 Å². The SMILES string of the molecule is CC(C)S(=O)N1CCN(c2cc(SNC3(CF)COC3)cn3c(-c4nnc(C(F)F)[se]4)ncc23)CC1. The Kier molecular flexibility index (Phi) is 7.78. The summed E-state index contributed by atoms with van der Waals surface area (Å²) in [6.07, 6.45) is 0.929. The van der Waals surface area contributed by atoms with Crippen LogP contribution < -0.4 is 9.62 Å². The first-order valence-corrected chi connectivity index (χ1v) is 15.1. The fourth-order valence-corrected chi connectivity index (χ4v) is 7.43. The van der Waals surface area contributed by atoms with Gasteiger partial charge in [0.05, 0.1) is 0 Å². The number of anilines is 1. The zero-order valence-corrected chi connectivity index (χ0v) is 23.0. The van der Waals surface area contributed by atoms with Gasteiger partial charge in [0.1, 0.15) is 0 Å². The van der Waals surface area contributed by atoms with Crippen molar-refractivity contribution in [3.05, 3.63) is 23.0 Å². The number of hydrogen-bond donors (Lipinski definition) is 1. The van der Waals surface area contributed by atoms with E-state index in [1.807, 2.05) is 34.8 Å². The van der Waals surface area contributed by atoms with E-state index < -0.39 is 44.1 Å². The molecule has 2 aliphatic rings. The van der Waals surface area contributed by atoms with Crippen molar-refractivity contribution < 1.29 is 22.1 Å². The minimum atomic E-state index is -2.64. The van der Waals surface area contributed by atoms with Gasteiger partial charge in [-0.3, -0.25) is 0 Å². The summed E-state index contributed by atoms with van der Waals surface area (Å²) >= 11 is 0.585. The fourth-order valence-electron chi connectivity index (χ4n) is 4.02. The molecule has 2 saturated heterocycles. The molecule has 2 fully saturated rings. The first kappa shape index (κ1) is 26.1. The first-order valence-electron chi connectivity index (χ1n) is 11.4. The van der Waals surface area contributed by atoms with Gasteiger partial charge in [-0.2, -0.15) is 0 Å². The normalized spacial score (nSPS) is 19.4. The van der Waals surface area contributed by atoms with Crippen LogP contribution in [0.2, 0.25) is 0 Å². The van der Waals surface area contributed by atoms with Gasteiger partial charge < -0.3 is 0 Å². The molecule has 15 heteroatoms. The van der Waals surface area contributed by atoms with Gasteiger partial charge in [-0.05, 0) is 0 Å². The van der Waals surface area contributed by atoms with Crippen LogP contribution in [-0.4, -0.2) is 99.5 Å². The van der Waals surface area contributed by atoms with Gasteiger partial charge in [0, 0.05) is 0 Å². The maximum atomic E-state index is 13.6. The number of nitrogens with one attached hydrogen (secondary N) is 1. The molecule has 2 aliphatic heterocycles. The molecule has 5 rings (SSSR count). The molecule has 0 spiro atoms. The van der Waals surface area contributed by atoms with E-state index in [0.717, 1.165) is 16.1 Å². The molecule has 3 aromatic heterocycles. The van der Waals surface area contributed by atoms with Crippen LogP contribution in [0.5, 0.6) is 0 Å². The second-order valence-corrected chi connectivity index (χ2v) is 14.0. The summed E-state index contributed by atoms with van der Waals surface area (Å²) in [4.78, 5) is 7.54. The van der Waals surface area contributed by atoms with Crippen LogP contribution in [0.4, 0.5) is 18.9 Å². The molecule has 1 N–H and O–H groups in total. The number of pyridine rings is 1. The molecule has 0 radical (unpaired) electrons. The molecule has 5 heterocycles. The number of piperazine rings is 1. The Labute approximate surface area is 219 Å². The number of fused-ring (bicyclic) bond motifs is 1. The summed E-state index contributed by atoms with van der Waals surface area (Å²) < 4.78 is 64.9. The van der Waals surface area contributed by atoms with Crippen LogP contribution in [0.15, 0.2) is 23.4 Å². The third kappa shape index (κ3) is 5.11. The van der Waals surface area contributed by atoms with E-state index in [1.165, 1.54) is 11.9 Å². The quantitative estimate of drug-likeness (QED) is 0.293. The molecule has 1 atom stereocenters. The predicted molar refractivity (Wildman–Crippen MR) is 134 cm³/mol. The van der Waals surface area contributed by atoms with Crippen LogP contribution in [-0.2, 0) is 15.7 Å². The molecule has 0 aromatic carbocycles. The number of ether oxygens (including phenoxy) is 1. The van der Waals surface area contributed by atoms with Crippen LogP contribution >= 0.6 is 11.9 Å². The van der Waals surface area contributed by atoms with Crippen molar-refractivity contribution >= 4 is 48.6 Å². The molecule has 0 bridgehead atoms. The van der Waals surface area contributed by atoms with Gasteiger partial charge >= 0.3 is 220 Å². The molecule has 196 valence electrons. The Hall–Kier alpha value is -1.48. The Bertz CT molecular complexity index is 1240. The second kappa shape index (κ2) is 10.7. The molecule has 3 aromatic rings. The van der Waals surface area contributed by atoms with E-state index in [1.54, 1.807) is 6.20 Å². The zero-order chi connectivity index (χ0) is 25.4. The van der Waals surface area contributed by atoms with Crippen LogP contribution in [0.3, 0.4) is 0 Å². The Morgan fingerprint density at radius 3 is 2.58 bits per heavy atom. The third-order valence-electron chi connectivity index (χ3n) is 6.05. The third-order valence-corrected chi connectivity index (χ3v) is 10.7. The van der Waals surface area contributed by atoms with Crippen molar-refractivity contribution in [2.24, 2.45) is 0 Å². The van der Waals surface area contributed by atoms with E-state index in [4.69, 9.17) is 4.74 Å². The summed E-state index contributed by atoms with van der Waals surface area (Å²) in [6, 6.07) is 2.02. The van der Waals surface area contributed by atoms with E-state index >= 15 is 0 Å². The summed E-state index contributed by atoms with van der Waals surface area (Å²) in [5.74, 6) is 0.472. The van der Waals surface area contributed by atoms with E-state index in [0.29, 0.717) is 49.8 Å². The minimum absolute atomic E-state index is 0.0548. The van der Waals surface area contributed by atoms with Crippen molar-refractivity contribution in [1.29, 1.82) is 0 Å². The molecule has 1 unspecified atom stereocenters. The van der Waals surface area contributed by atoms with E-state index in [9.17, 15) is 17.4 Å². The van der Waals surface area contributed by atoms with Gasteiger partial charge in [0.15, 0.2) is 0 Å². The van der Waals surface area contributed by atoms with Crippen molar-refractivity contribution in [3.63, 3.8) is 0 Å². The van der Waals surface area contributed by atoms with Crippen LogP contribution in [0.25, 0.3) is 15.9 Å². The topological polar surface area (TPSA) is 87.9 Å². The number of aromatic nitrogens is 4. The molecule has 36 heavy (non-hydrogen) atoms. The Balaban J connectivity index is 1.48. The van der Waals surface area contributed by atoms with Gasteiger partial charge in [0.25, 0.3) is 0 Å². The molecule has 0 amide bonds. The van der Waals surface area contributed by atoms with Gasteiger partial charge in [-0.1, -0.05) is 0 Å². The van der Waals surface area contributed by atoms with Crippen LogP contribution in [0.1, 0.15) is 24.8 Å². The van der Waals surface area contributed by atoms with Crippen LogP contribution in [0, 0.1) is 0 Å². The first-order chi connectivity index (χ1) is 17.3. The van der Waals surface area contributed by atoms with Crippen molar-refractivity contribution in [2.75, 3.05) is 51.0 Å². The van der Waals surface area contributed by atoms with Gasteiger partial charge in [0.2, 0.25) is 0 Å². The summed E-state index contributed by atoms with van der Waals surface area (Å²) in [6.45, 7) is 6.57. The molecule has 9 nitrogen and oxygen atoms in total. The number of halogens is 3. The monoisotopic (exact) mass is 609 g/mol. The standard InChI is InChI=1S/C21H26F3N7O2S2Se/c1-13(2)35(32)30-5-3-29(4-6-30)15-7-14(34-28-21(10-22)11-33-12-21)9-31-16(15)8-25-18(31)20-27-26-19(36-20)17(23)24/h7-9,13,17,28H,3-6,10-12H2,1-2H3. The second-order valence-electron chi connectivity index (χ2n) is 9.00. The fraction of sp³-hybridized carbons (Fsp3) is 0.571. The molecule has 0 aliphatic carbocycles. The Morgan fingerprint density at radius 2 is 2.00 bits per heavy atom. The summed E-state index contributed by atoms with van der Waals surface area (Å²) in [5.41, 5.74) is 1.00. The number of alkyl halides is 3. The van der Waals surface area contributed by atoms with Crippen molar-refractivity contribution in [2.45, 2.75) is 36.0 Å². The number of nitrogens with zero attached hydrogens (tertiary/aromatic N) is 6. The average Bonchev–Trinajstić information content (AvgIpc) is 3.50. The molecular formula is C21H26F3N7O2S2Se. The van der Waals surface area contributed by atoms with Gasteiger partial charge in [-0.25, -0.2) is 0 Å². The molecular weight excluding hydrogens is 582 g/mol. The summed E-state index contributed by atoms with van der Waals surface area (Å²) in [7, 11) is -1.03.